The van der Waals surface area contributed by atoms with Gasteiger partial charge in [0, 0.05) is 0 Å². The van der Waals surface area contributed by atoms with Crippen LogP contribution in [0.3, 0.4) is 0 Å². The molecule has 0 saturated carbocycles. The fourth-order valence-electron chi connectivity index (χ4n) is 1.68. The molecule has 1 amide bonds. The SMILES string of the molecule is N#[N+][N]C[C@](O)(OC1CO[P+]([O-])(O[NH3+])OC1)n1cnc(C(N)=O)n1. The highest BCUT2D eigenvalue weighted by Gasteiger charge is 2.46. The predicted octanol–water partition coefficient (Wildman–Crippen LogP) is -4.00. The second kappa shape index (κ2) is 7.25. The van der Waals surface area contributed by atoms with E-state index in [2.05, 4.69) is 31.1 Å². The molecular formula is C8H14N8O7P+2. The van der Waals surface area contributed by atoms with Crippen molar-refractivity contribution >= 4 is 14.1 Å². The summed E-state index contributed by atoms with van der Waals surface area (Å²) in [5, 5.41) is 25.1. The topological polar surface area (TPSA) is 224 Å². The van der Waals surface area contributed by atoms with Crippen LogP contribution in [-0.4, -0.2) is 51.6 Å². The Morgan fingerprint density at radius 1 is 1.75 bits per heavy atom. The molecule has 16 heteroatoms. The third-order valence-corrected chi connectivity index (χ3v) is 4.01. The molecule has 0 unspecified atom stereocenters. The van der Waals surface area contributed by atoms with E-state index in [1.165, 1.54) is 0 Å². The highest BCUT2D eigenvalue weighted by atomic mass is 31.2. The van der Waals surface area contributed by atoms with Crippen molar-refractivity contribution in [3.8, 4) is 0 Å². The van der Waals surface area contributed by atoms with Crippen molar-refractivity contribution in [3.63, 3.8) is 0 Å². The number of hydrogen-bond acceptors (Lipinski definition) is 10. The zero-order chi connectivity index (χ0) is 17.8. The summed E-state index contributed by atoms with van der Waals surface area (Å²) in [5.74, 6) is -0.663. The number of carbonyl (C=O) groups is 1. The minimum Gasteiger partial charge on any atom is -0.601 e. The normalized spacial score (nSPS) is 26.3. The molecule has 0 aliphatic carbocycles. The largest absolute Gasteiger partial charge is 0.601 e. The number of hydrogen-bond donors (Lipinski definition) is 3. The molecule has 0 bridgehead atoms. The molecule has 2 rings (SSSR count). The average molecular weight is 365 g/mol. The van der Waals surface area contributed by atoms with Crippen LogP contribution in [0, 0.1) is 5.39 Å². The fraction of sp³-hybridized carbons (Fsp3) is 0.625. The molecule has 1 aromatic heterocycles. The first-order valence-electron chi connectivity index (χ1n) is 6.28. The number of carbonyl (C=O) groups excluding carboxylic acids is 1. The molecule has 1 fully saturated rings. The van der Waals surface area contributed by atoms with Gasteiger partial charge in [-0.15, -0.1) is 5.10 Å². The van der Waals surface area contributed by atoms with Crippen molar-refractivity contribution in [1.82, 2.24) is 20.2 Å². The van der Waals surface area contributed by atoms with Crippen molar-refractivity contribution in [2.45, 2.75) is 12.0 Å². The number of quaternary nitrogens is 1. The fourth-order valence-corrected chi connectivity index (χ4v) is 2.60. The van der Waals surface area contributed by atoms with Crippen molar-refractivity contribution in [1.29, 1.82) is 5.39 Å². The van der Waals surface area contributed by atoms with Gasteiger partial charge < -0.3 is 20.5 Å². The molecule has 1 radical (unpaired) electrons. The molecular weight excluding hydrogens is 351 g/mol. The van der Waals surface area contributed by atoms with E-state index in [-0.39, 0.29) is 19.0 Å². The number of amides is 1. The molecule has 1 saturated heterocycles. The summed E-state index contributed by atoms with van der Waals surface area (Å²) in [6, 6.07) is 0. The predicted molar refractivity (Wildman–Crippen MR) is 68.5 cm³/mol. The van der Waals surface area contributed by atoms with E-state index >= 15 is 0 Å². The van der Waals surface area contributed by atoms with Crippen LogP contribution in [0.15, 0.2) is 6.33 Å². The molecule has 15 nitrogen and oxygen atoms in total. The lowest BCUT2D eigenvalue weighted by Crippen LogP contribution is -2.54. The molecule has 24 heavy (non-hydrogen) atoms. The van der Waals surface area contributed by atoms with E-state index < -0.39 is 32.6 Å². The number of rotatable bonds is 7. The van der Waals surface area contributed by atoms with Crippen molar-refractivity contribution < 1.29 is 39.1 Å². The third-order valence-electron chi connectivity index (χ3n) is 2.76. The van der Waals surface area contributed by atoms with Gasteiger partial charge in [-0.2, -0.15) is 19.6 Å². The van der Waals surface area contributed by atoms with Gasteiger partial charge in [-0.05, 0) is 4.62 Å². The Bertz CT molecular complexity index is 628. The molecule has 6 N–H and O–H groups in total. The lowest BCUT2D eigenvalue weighted by molar-refractivity contribution is -0.656. The maximum absolute atomic E-state index is 11.6. The number of aliphatic hydroxyl groups is 1. The van der Waals surface area contributed by atoms with Gasteiger partial charge in [-0.3, -0.25) is 4.79 Å². The Morgan fingerprint density at radius 3 is 2.92 bits per heavy atom. The van der Waals surface area contributed by atoms with E-state index in [0.717, 1.165) is 11.0 Å². The number of diazo groups is 1. The minimum atomic E-state index is -3.75. The van der Waals surface area contributed by atoms with Crippen LogP contribution < -0.4 is 21.9 Å². The molecule has 0 spiro atoms. The first-order chi connectivity index (χ1) is 11.3. The summed E-state index contributed by atoms with van der Waals surface area (Å²) in [5.41, 5.74) is 8.24. The maximum atomic E-state index is 11.6. The number of phosphoric ester groups is 1. The Balaban J connectivity index is 2.13. The third kappa shape index (κ3) is 4.08. The van der Waals surface area contributed by atoms with Crippen molar-refractivity contribution in [2.75, 3.05) is 19.8 Å². The summed E-state index contributed by atoms with van der Waals surface area (Å²) in [6.07, 6.45) is 0.0314. The number of nitrogens with zero attached hydrogens (tertiary/aromatic N) is 6. The summed E-state index contributed by atoms with van der Waals surface area (Å²) < 4.78 is 20.1. The van der Waals surface area contributed by atoms with Gasteiger partial charge in [0.15, 0.2) is 0 Å². The first kappa shape index (κ1) is 18.3. The molecule has 131 valence electrons. The molecule has 1 aliphatic heterocycles. The van der Waals surface area contributed by atoms with Gasteiger partial charge >= 0.3 is 13.3 Å². The van der Waals surface area contributed by atoms with Gasteiger partial charge in [0.1, 0.15) is 31.1 Å². The standard InChI is InChI=1S/C8H13N8O7P/c9-6(17)7-12-4-16(14-7)8(18,3-13-15-10)22-5-1-20-24(19,23-11)21-2-5/h4-5,18H,1-3H2,11H3,(H-,9,17)/q+1/p+1/t5?,8-,24?/m0/s1. The first-order valence-corrected chi connectivity index (χ1v) is 7.74. The highest BCUT2D eigenvalue weighted by molar-refractivity contribution is 7.53. The molecule has 2 heterocycles. The molecule has 1 aliphatic rings. The minimum absolute atomic E-state index is 0.275. The van der Waals surface area contributed by atoms with Gasteiger partial charge in [-0.25, -0.2) is 4.98 Å². The average Bonchev–Trinajstić information content (AvgIpc) is 3.06. The second-order valence-electron chi connectivity index (χ2n) is 4.42. The molecule has 1 aromatic rings. The van der Waals surface area contributed by atoms with Gasteiger partial charge in [0.25, 0.3) is 17.2 Å². The lowest BCUT2D eigenvalue weighted by Gasteiger charge is -2.33. The maximum Gasteiger partial charge on any atom is 0.449 e. The van der Waals surface area contributed by atoms with Gasteiger partial charge in [0.05, 0.1) is 0 Å². The summed E-state index contributed by atoms with van der Waals surface area (Å²) in [6.45, 7) is -1.17. The van der Waals surface area contributed by atoms with Crippen LogP contribution in [0.1, 0.15) is 10.6 Å². The van der Waals surface area contributed by atoms with Crippen molar-refractivity contribution in [3.05, 3.63) is 17.2 Å². The van der Waals surface area contributed by atoms with E-state index in [0.29, 0.717) is 0 Å². The smallest absolute Gasteiger partial charge is 0.449 e. The van der Waals surface area contributed by atoms with E-state index in [1.54, 1.807) is 0 Å². The molecule has 1 atom stereocenters. The number of ether oxygens (including phenoxy) is 1. The zero-order valence-corrected chi connectivity index (χ0v) is 13.0. The summed E-state index contributed by atoms with van der Waals surface area (Å²) >= 11 is 0. The van der Waals surface area contributed by atoms with Gasteiger partial charge in [0.2, 0.25) is 12.4 Å². The second-order valence-corrected chi connectivity index (χ2v) is 6.09. The van der Waals surface area contributed by atoms with Crippen LogP contribution >= 0.6 is 8.17 Å². The Morgan fingerprint density at radius 2 is 2.42 bits per heavy atom. The number of nitrogens with two attached hydrogens (primary N) is 1. The Kier molecular flexibility index (Phi) is 5.54. The van der Waals surface area contributed by atoms with Crippen LogP contribution in [0.5, 0.6) is 0 Å². The zero-order valence-electron chi connectivity index (χ0n) is 12.1. The van der Waals surface area contributed by atoms with Gasteiger partial charge in [-0.1, -0.05) is 0 Å². The number of aromatic nitrogens is 3. The van der Waals surface area contributed by atoms with E-state index in [1.807, 2.05) is 0 Å². The van der Waals surface area contributed by atoms with Crippen molar-refractivity contribution in [2.24, 2.45) is 5.73 Å². The van der Waals surface area contributed by atoms with Crippen LogP contribution in [0.2, 0.25) is 0 Å². The van der Waals surface area contributed by atoms with E-state index in [4.69, 9.17) is 24.9 Å². The monoisotopic (exact) mass is 365 g/mol. The summed E-state index contributed by atoms with van der Waals surface area (Å²) in [7, 11) is -3.75. The summed E-state index contributed by atoms with van der Waals surface area (Å²) in [4.78, 5) is 26.3. The quantitative estimate of drug-likeness (QED) is 0.184. The Hall–Kier alpha value is -2.02. The van der Waals surface area contributed by atoms with Crippen LogP contribution in [-0.2, 0) is 24.3 Å². The molecule has 0 aromatic carbocycles. The number of primary amides is 1. The van der Waals surface area contributed by atoms with Crippen LogP contribution in [0.25, 0.3) is 5.08 Å². The lowest BCUT2D eigenvalue weighted by atomic mass is 10.4. The van der Waals surface area contributed by atoms with Crippen LogP contribution in [0.4, 0.5) is 0 Å². The number of phosphoric acid groups is 1. The van der Waals surface area contributed by atoms with E-state index in [9.17, 15) is 14.8 Å². The highest BCUT2D eigenvalue weighted by Crippen LogP contribution is 2.53. The Labute approximate surface area is 134 Å².